The highest BCUT2D eigenvalue weighted by molar-refractivity contribution is 7.00. The van der Waals surface area contributed by atoms with Gasteiger partial charge in [-0.2, -0.15) is 8.75 Å². The molecule has 0 atom stereocenters. The van der Waals surface area contributed by atoms with Crippen LogP contribution < -0.4 is 10.2 Å². The molecule has 1 aliphatic rings. The van der Waals surface area contributed by atoms with Gasteiger partial charge in [0.15, 0.2) is 0 Å². The number of fused-ring (bicyclic) bond motifs is 1. The molecule has 0 unspecified atom stereocenters. The molecule has 0 radical (unpaired) electrons. The van der Waals surface area contributed by atoms with Crippen LogP contribution in [0.3, 0.4) is 0 Å². The Balaban J connectivity index is 1.39. The van der Waals surface area contributed by atoms with Gasteiger partial charge in [-0.05, 0) is 36.9 Å². The van der Waals surface area contributed by atoms with Gasteiger partial charge in [-0.25, -0.2) is 0 Å². The highest BCUT2D eigenvalue weighted by atomic mass is 32.1. The summed E-state index contributed by atoms with van der Waals surface area (Å²) < 4.78 is 8.41. The Morgan fingerprint density at radius 3 is 2.62 bits per heavy atom. The number of carbonyl (C=O) groups is 1. The number of piperazine rings is 1. The van der Waals surface area contributed by atoms with Gasteiger partial charge in [-0.3, -0.25) is 4.79 Å². The van der Waals surface area contributed by atoms with Crippen molar-refractivity contribution in [1.82, 2.24) is 19.0 Å². The van der Waals surface area contributed by atoms with E-state index in [-0.39, 0.29) is 5.91 Å². The smallest absolute Gasteiger partial charge is 0.253 e. The van der Waals surface area contributed by atoms with Gasteiger partial charge >= 0.3 is 0 Å². The predicted molar refractivity (Wildman–Crippen MR) is 105 cm³/mol. The molecule has 4 rings (SSSR count). The van der Waals surface area contributed by atoms with Gasteiger partial charge in [0, 0.05) is 38.4 Å². The molecule has 0 bridgehead atoms. The average Bonchev–Trinajstić information content (AvgIpc) is 3.16. The molecule has 26 heavy (non-hydrogen) atoms. The van der Waals surface area contributed by atoms with Crippen LogP contribution in [0.15, 0.2) is 42.5 Å². The largest absolute Gasteiger partial charge is 0.369 e. The second kappa shape index (κ2) is 7.39. The molecule has 7 heteroatoms. The zero-order valence-electron chi connectivity index (χ0n) is 14.7. The van der Waals surface area contributed by atoms with Gasteiger partial charge in [0.05, 0.1) is 17.3 Å². The van der Waals surface area contributed by atoms with Crippen LogP contribution in [0.2, 0.25) is 0 Å². The molecule has 1 fully saturated rings. The zero-order chi connectivity index (χ0) is 17.9. The molecule has 1 aliphatic heterocycles. The van der Waals surface area contributed by atoms with Crippen molar-refractivity contribution < 1.29 is 4.79 Å². The molecule has 1 saturated heterocycles. The van der Waals surface area contributed by atoms with Crippen LogP contribution in [-0.4, -0.2) is 52.8 Å². The van der Waals surface area contributed by atoms with Crippen LogP contribution in [0.4, 0.5) is 5.69 Å². The van der Waals surface area contributed by atoms with E-state index in [0.717, 1.165) is 49.0 Å². The lowest BCUT2D eigenvalue weighted by molar-refractivity contribution is 0.0952. The Bertz CT molecular complexity index is 900. The van der Waals surface area contributed by atoms with Gasteiger partial charge in [0.25, 0.3) is 5.91 Å². The summed E-state index contributed by atoms with van der Waals surface area (Å²) in [5.41, 5.74) is 4.33. The number of nitrogens with one attached hydrogen (secondary N) is 1. The minimum atomic E-state index is -0.119. The molecule has 3 aromatic rings. The number of carbonyl (C=O) groups excluding carboxylic acids is 1. The third-order valence-electron chi connectivity index (χ3n) is 4.79. The van der Waals surface area contributed by atoms with Crippen molar-refractivity contribution in [1.29, 1.82) is 0 Å². The first-order valence-corrected chi connectivity index (χ1v) is 9.46. The van der Waals surface area contributed by atoms with Crippen molar-refractivity contribution in [2.45, 2.75) is 6.54 Å². The number of hydrogen-bond acceptors (Lipinski definition) is 6. The number of rotatable bonds is 4. The van der Waals surface area contributed by atoms with Gasteiger partial charge in [-0.1, -0.05) is 18.2 Å². The second-order valence-corrected chi connectivity index (χ2v) is 7.11. The van der Waals surface area contributed by atoms with Crippen LogP contribution >= 0.6 is 11.7 Å². The lowest BCUT2D eigenvalue weighted by atomic mass is 10.1. The van der Waals surface area contributed by atoms with E-state index in [1.807, 2.05) is 12.1 Å². The molecule has 6 nitrogen and oxygen atoms in total. The van der Waals surface area contributed by atoms with Gasteiger partial charge in [0.1, 0.15) is 11.0 Å². The Morgan fingerprint density at radius 2 is 1.85 bits per heavy atom. The van der Waals surface area contributed by atoms with Crippen molar-refractivity contribution in [2.24, 2.45) is 0 Å². The second-order valence-electron chi connectivity index (χ2n) is 6.58. The predicted octanol–water partition coefficient (Wildman–Crippen LogP) is 2.37. The number of likely N-dealkylation sites (N-methyl/N-ethyl adjacent to an activating group) is 1. The number of amides is 1. The van der Waals surface area contributed by atoms with Crippen molar-refractivity contribution in [3.63, 3.8) is 0 Å². The van der Waals surface area contributed by atoms with E-state index >= 15 is 0 Å². The van der Waals surface area contributed by atoms with Crippen molar-refractivity contribution in [2.75, 3.05) is 38.1 Å². The van der Waals surface area contributed by atoms with Crippen molar-refractivity contribution in [3.8, 4) is 0 Å². The van der Waals surface area contributed by atoms with Gasteiger partial charge in [-0.15, -0.1) is 0 Å². The fourth-order valence-electron chi connectivity index (χ4n) is 3.16. The van der Waals surface area contributed by atoms with Crippen LogP contribution in [-0.2, 0) is 6.54 Å². The summed E-state index contributed by atoms with van der Waals surface area (Å²) >= 11 is 1.13. The summed E-state index contributed by atoms with van der Waals surface area (Å²) in [4.78, 5) is 17.2. The molecule has 1 aromatic heterocycles. The van der Waals surface area contributed by atoms with E-state index in [0.29, 0.717) is 17.6 Å². The normalized spacial score (nSPS) is 15.3. The highest BCUT2D eigenvalue weighted by Crippen LogP contribution is 2.18. The van der Waals surface area contributed by atoms with E-state index in [4.69, 9.17) is 0 Å². The monoisotopic (exact) mass is 367 g/mol. The van der Waals surface area contributed by atoms with Crippen LogP contribution in [0, 0.1) is 0 Å². The van der Waals surface area contributed by atoms with E-state index < -0.39 is 0 Å². The van der Waals surface area contributed by atoms with E-state index in [1.54, 1.807) is 6.07 Å². The third kappa shape index (κ3) is 3.54. The maximum Gasteiger partial charge on any atom is 0.253 e. The molecule has 2 heterocycles. The quantitative estimate of drug-likeness (QED) is 0.767. The Kier molecular flexibility index (Phi) is 4.81. The summed E-state index contributed by atoms with van der Waals surface area (Å²) in [7, 11) is 2.16. The van der Waals surface area contributed by atoms with E-state index in [9.17, 15) is 4.79 Å². The minimum absolute atomic E-state index is 0.119. The summed E-state index contributed by atoms with van der Waals surface area (Å²) in [5, 5.41) is 2.98. The number of aromatic nitrogens is 2. The maximum absolute atomic E-state index is 12.5. The van der Waals surface area contributed by atoms with Crippen LogP contribution in [0.25, 0.3) is 11.0 Å². The SMILES string of the molecule is CN1CCN(c2ccc(CNC(=O)c3cccc4nsnc34)cc2)CC1. The van der Waals surface area contributed by atoms with Gasteiger partial charge < -0.3 is 15.1 Å². The molecular formula is C19H21N5OS. The summed E-state index contributed by atoms with van der Waals surface area (Å²) in [6.45, 7) is 4.79. The standard InChI is InChI=1S/C19H21N5OS/c1-23-9-11-24(12-10-23)15-7-5-14(6-8-15)13-20-19(25)16-3-2-4-17-18(16)22-26-21-17/h2-8H,9-13H2,1H3,(H,20,25). The number of anilines is 1. The number of nitrogens with zero attached hydrogens (tertiary/aromatic N) is 4. The molecule has 0 spiro atoms. The number of hydrogen-bond donors (Lipinski definition) is 1. The van der Waals surface area contributed by atoms with Crippen LogP contribution in [0.1, 0.15) is 15.9 Å². The molecule has 1 N–H and O–H groups in total. The fourth-order valence-corrected chi connectivity index (χ4v) is 3.71. The lowest BCUT2D eigenvalue weighted by Gasteiger charge is -2.34. The lowest BCUT2D eigenvalue weighted by Crippen LogP contribution is -2.44. The average molecular weight is 367 g/mol. The topological polar surface area (TPSA) is 61.4 Å². The molecule has 0 aliphatic carbocycles. The number of benzene rings is 2. The maximum atomic E-state index is 12.5. The molecule has 0 saturated carbocycles. The van der Waals surface area contributed by atoms with Crippen molar-refractivity contribution in [3.05, 3.63) is 53.6 Å². The van der Waals surface area contributed by atoms with Crippen LogP contribution in [0.5, 0.6) is 0 Å². The van der Waals surface area contributed by atoms with Gasteiger partial charge in [0.2, 0.25) is 0 Å². The highest BCUT2D eigenvalue weighted by Gasteiger charge is 2.15. The Hall–Kier alpha value is -2.51. The Morgan fingerprint density at radius 1 is 1.08 bits per heavy atom. The first kappa shape index (κ1) is 16.9. The Labute approximate surface area is 156 Å². The summed E-state index contributed by atoms with van der Waals surface area (Å²) in [6.07, 6.45) is 0. The van der Waals surface area contributed by atoms with E-state index in [2.05, 4.69) is 55.2 Å². The zero-order valence-corrected chi connectivity index (χ0v) is 15.5. The molecule has 134 valence electrons. The van der Waals surface area contributed by atoms with Crippen molar-refractivity contribution >= 4 is 34.4 Å². The van der Waals surface area contributed by atoms with E-state index in [1.165, 1.54) is 5.69 Å². The first-order chi connectivity index (χ1) is 12.7. The fraction of sp³-hybridized carbons (Fsp3) is 0.316. The minimum Gasteiger partial charge on any atom is -0.369 e. The first-order valence-electron chi connectivity index (χ1n) is 8.72. The third-order valence-corrected chi connectivity index (χ3v) is 5.33. The molecule has 2 aromatic carbocycles. The summed E-state index contributed by atoms with van der Waals surface area (Å²) in [5.74, 6) is -0.119. The summed E-state index contributed by atoms with van der Waals surface area (Å²) in [6, 6.07) is 13.9. The molecule has 1 amide bonds. The molecular weight excluding hydrogens is 346 g/mol.